The molecule has 0 unspecified atom stereocenters. The van der Waals surface area contributed by atoms with Gasteiger partial charge in [0.25, 0.3) is 10.0 Å². The summed E-state index contributed by atoms with van der Waals surface area (Å²) < 4.78 is 48.1. The number of nitrogens with zero attached hydrogens (tertiary/aromatic N) is 2. The lowest BCUT2D eigenvalue weighted by atomic mass is 10.2. The molecule has 0 saturated carbocycles. The summed E-state index contributed by atoms with van der Waals surface area (Å²) in [6.07, 6.45) is 0. The predicted molar refractivity (Wildman–Crippen MR) is 121 cm³/mol. The van der Waals surface area contributed by atoms with Crippen LogP contribution in [0.25, 0.3) is 10.9 Å². The van der Waals surface area contributed by atoms with Gasteiger partial charge in [0.05, 0.1) is 11.2 Å². The van der Waals surface area contributed by atoms with Crippen LogP contribution in [0.3, 0.4) is 0 Å². The first-order chi connectivity index (χ1) is 15.3. The number of anilines is 1. The van der Waals surface area contributed by atoms with Crippen molar-refractivity contribution in [3.8, 4) is 5.75 Å². The number of benzene rings is 3. The summed E-state index contributed by atoms with van der Waals surface area (Å²) in [7, 11) is -2.53. The van der Waals surface area contributed by atoms with Crippen LogP contribution in [0, 0.1) is 5.82 Å². The Morgan fingerprint density at radius 1 is 1.00 bits per heavy atom. The van der Waals surface area contributed by atoms with Gasteiger partial charge in [0.15, 0.2) is 0 Å². The molecule has 8 heteroatoms. The van der Waals surface area contributed by atoms with E-state index in [1.165, 1.54) is 30.0 Å². The molecule has 32 heavy (non-hydrogen) atoms. The van der Waals surface area contributed by atoms with Gasteiger partial charge in [0, 0.05) is 25.0 Å². The molecule has 0 atom stereocenters. The van der Waals surface area contributed by atoms with Crippen molar-refractivity contribution in [3.05, 3.63) is 90.4 Å². The Kier molecular flexibility index (Phi) is 5.71. The van der Waals surface area contributed by atoms with Crippen molar-refractivity contribution in [1.82, 2.24) is 3.97 Å². The lowest BCUT2D eigenvalue weighted by Crippen LogP contribution is -2.22. The molecule has 0 aliphatic heterocycles. The zero-order valence-electron chi connectivity index (χ0n) is 17.5. The molecule has 1 aromatic heterocycles. The number of carbonyl (C=O) groups is 1. The predicted octanol–water partition coefficient (Wildman–Crippen LogP) is 4.58. The molecule has 0 bridgehead atoms. The van der Waals surface area contributed by atoms with Gasteiger partial charge in [-0.15, -0.1) is 0 Å². The minimum absolute atomic E-state index is 0.0513. The van der Waals surface area contributed by atoms with Crippen LogP contribution < -0.4 is 9.64 Å². The normalized spacial score (nSPS) is 11.5. The van der Waals surface area contributed by atoms with Crippen LogP contribution in [0.2, 0.25) is 0 Å². The van der Waals surface area contributed by atoms with Crippen molar-refractivity contribution in [2.75, 3.05) is 11.9 Å². The summed E-state index contributed by atoms with van der Waals surface area (Å²) >= 11 is 0. The average molecular weight is 453 g/mol. The van der Waals surface area contributed by atoms with E-state index in [0.717, 1.165) is 10.0 Å². The number of hydrogen-bond donors (Lipinski definition) is 0. The zero-order chi connectivity index (χ0) is 22.9. The van der Waals surface area contributed by atoms with E-state index in [1.807, 2.05) is 0 Å². The van der Waals surface area contributed by atoms with E-state index in [4.69, 9.17) is 4.74 Å². The van der Waals surface area contributed by atoms with Gasteiger partial charge in [0.2, 0.25) is 5.91 Å². The van der Waals surface area contributed by atoms with Crippen molar-refractivity contribution >= 4 is 32.5 Å². The third kappa shape index (κ3) is 3.97. The van der Waals surface area contributed by atoms with E-state index >= 15 is 0 Å². The number of aromatic nitrogens is 1. The molecule has 4 aromatic rings. The molecule has 0 saturated heterocycles. The highest BCUT2D eigenvalue weighted by Gasteiger charge is 2.26. The van der Waals surface area contributed by atoms with Crippen molar-refractivity contribution in [3.63, 3.8) is 0 Å². The molecule has 3 aromatic carbocycles. The van der Waals surface area contributed by atoms with Crippen molar-refractivity contribution in [2.45, 2.75) is 18.4 Å². The van der Waals surface area contributed by atoms with Crippen molar-refractivity contribution in [2.24, 2.45) is 0 Å². The average Bonchev–Trinajstić information content (AvgIpc) is 3.17. The first-order valence-corrected chi connectivity index (χ1v) is 11.3. The molecule has 164 valence electrons. The highest BCUT2D eigenvalue weighted by molar-refractivity contribution is 7.90. The zero-order valence-corrected chi connectivity index (χ0v) is 18.3. The SMILES string of the molecule is CC(=O)N(C)c1ccc(OCc2cc3ccccc3n2S(=O)(=O)c2ccccc2F)cc1. The van der Waals surface area contributed by atoms with Gasteiger partial charge < -0.3 is 9.64 Å². The van der Waals surface area contributed by atoms with E-state index in [1.54, 1.807) is 61.6 Å². The highest BCUT2D eigenvalue weighted by atomic mass is 32.2. The lowest BCUT2D eigenvalue weighted by Gasteiger charge is -2.16. The van der Waals surface area contributed by atoms with E-state index in [0.29, 0.717) is 28.0 Å². The number of carbonyl (C=O) groups excluding carboxylic acids is 1. The summed E-state index contributed by atoms with van der Waals surface area (Å²) in [4.78, 5) is 12.6. The number of halogens is 1. The van der Waals surface area contributed by atoms with Gasteiger partial charge in [-0.25, -0.2) is 16.8 Å². The maximum Gasteiger partial charge on any atom is 0.271 e. The lowest BCUT2D eigenvalue weighted by molar-refractivity contribution is -0.116. The standard InChI is InChI=1S/C24H21FN2O4S/c1-17(28)26(2)19-11-13-21(14-12-19)31-16-20-15-18-7-3-5-9-23(18)27(20)32(29,30)24-10-6-4-8-22(24)25/h3-15H,16H2,1-2H3. The molecule has 6 nitrogen and oxygen atoms in total. The van der Waals surface area contributed by atoms with E-state index in [-0.39, 0.29) is 12.5 Å². The maximum absolute atomic E-state index is 14.4. The second kappa shape index (κ2) is 8.47. The number of para-hydroxylation sites is 1. The smallest absolute Gasteiger partial charge is 0.271 e. The van der Waals surface area contributed by atoms with E-state index < -0.39 is 20.7 Å². The third-order valence-corrected chi connectivity index (χ3v) is 6.98. The Hall–Kier alpha value is -3.65. The van der Waals surface area contributed by atoms with Gasteiger partial charge in [-0.05, 0) is 48.5 Å². The maximum atomic E-state index is 14.4. The van der Waals surface area contributed by atoms with Crippen LogP contribution in [-0.4, -0.2) is 25.3 Å². The van der Waals surface area contributed by atoms with Crippen molar-refractivity contribution in [1.29, 1.82) is 0 Å². The highest BCUT2D eigenvalue weighted by Crippen LogP contribution is 2.28. The quantitative estimate of drug-likeness (QED) is 0.430. The summed E-state index contributed by atoms with van der Waals surface area (Å²) in [6.45, 7) is 1.42. The topological polar surface area (TPSA) is 68.6 Å². The van der Waals surface area contributed by atoms with Gasteiger partial charge >= 0.3 is 0 Å². The Balaban J connectivity index is 1.70. The first-order valence-electron chi connectivity index (χ1n) is 9.85. The molecule has 1 heterocycles. The van der Waals surface area contributed by atoms with Gasteiger partial charge in [0.1, 0.15) is 23.1 Å². The van der Waals surface area contributed by atoms with Crippen LogP contribution in [0.1, 0.15) is 12.6 Å². The Bertz CT molecular complexity index is 1400. The largest absolute Gasteiger partial charge is 0.487 e. The third-order valence-electron chi connectivity index (χ3n) is 5.18. The number of hydrogen-bond acceptors (Lipinski definition) is 4. The van der Waals surface area contributed by atoms with Crippen LogP contribution >= 0.6 is 0 Å². The molecule has 0 aliphatic carbocycles. The van der Waals surface area contributed by atoms with E-state index in [2.05, 4.69) is 0 Å². The van der Waals surface area contributed by atoms with Crippen LogP contribution in [0.15, 0.2) is 83.8 Å². The molecule has 0 aliphatic rings. The second-order valence-corrected chi connectivity index (χ2v) is 9.01. The fourth-order valence-electron chi connectivity index (χ4n) is 3.43. The number of amides is 1. The Morgan fingerprint density at radius 2 is 1.66 bits per heavy atom. The van der Waals surface area contributed by atoms with Crippen molar-refractivity contribution < 1.29 is 22.3 Å². The molecule has 0 fully saturated rings. The van der Waals surface area contributed by atoms with E-state index in [9.17, 15) is 17.6 Å². The summed E-state index contributed by atoms with van der Waals surface area (Å²) in [5.41, 5.74) is 1.51. The summed E-state index contributed by atoms with van der Waals surface area (Å²) in [5, 5.41) is 0.699. The second-order valence-electron chi connectivity index (χ2n) is 7.25. The molecule has 0 N–H and O–H groups in total. The van der Waals surface area contributed by atoms with Crippen LogP contribution in [0.5, 0.6) is 5.75 Å². The van der Waals surface area contributed by atoms with Crippen LogP contribution in [0.4, 0.5) is 10.1 Å². The number of rotatable bonds is 6. The van der Waals surface area contributed by atoms with Crippen LogP contribution in [-0.2, 0) is 21.4 Å². The minimum atomic E-state index is -4.20. The fraction of sp³-hybridized carbons (Fsp3) is 0.125. The first kappa shape index (κ1) is 21.6. The summed E-state index contributed by atoms with van der Waals surface area (Å²) in [6, 6.07) is 20.9. The van der Waals surface area contributed by atoms with Gasteiger partial charge in [-0.3, -0.25) is 4.79 Å². The molecular weight excluding hydrogens is 431 g/mol. The van der Waals surface area contributed by atoms with Gasteiger partial charge in [-0.1, -0.05) is 30.3 Å². The Labute approximate surface area is 185 Å². The monoisotopic (exact) mass is 452 g/mol. The molecule has 1 amide bonds. The number of ether oxygens (including phenoxy) is 1. The fourth-order valence-corrected chi connectivity index (χ4v) is 5.03. The molecular formula is C24H21FN2O4S. The molecule has 0 radical (unpaired) electrons. The minimum Gasteiger partial charge on any atom is -0.487 e. The molecule has 4 rings (SSSR count). The number of fused-ring (bicyclic) bond motifs is 1. The Morgan fingerprint density at radius 3 is 2.34 bits per heavy atom. The molecule has 0 spiro atoms. The summed E-state index contributed by atoms with van der Waals surface area (Å²) in [5.74, 6) is -0.408. The van der Waals surface area contributed by atoms with Gasteiger partial charge in [-0.2, -0.15) is 0 Å².